The van der Waals surface area contributed by atoms with Crippen molar-refractivity contribution < 1.29 is 9.47 Å². The van der Waals surface area contributed by atoms with Gasteiger partial charge in [0.15, 0.2) is 5.82 Å². The number of hydrogen-bond donors (Lipinski definition) is 1. The fraction of sp³-hybridized carbons (Fsp3) is 0.273. The van der Waals surface area contributed by atoms with Crippen LogP contribution in [0.15, 0.2) is 24.3 Å². The van der Waals surface area contributed by atoms with Crippen molar-refractivity contribution >= 4 is 16.9 Å². The van der Waals surface area contributed by atoms with Gasteiger partial charge < -0.3 is 15.2 Å². The minimum Gasteiger partial charge on any atom is -0.382 e. The molecule has 0 fully saturated rings. The van der Waals surface area contributed by atoms with Gasteiger partial charge in [0.05, 0.1) is 11.0 Å². The number of nitrogens with zero attached hydrogens (tertiary/aromatic N) is 2. The van der Waals surface area contributed by atoms with Crippen molar-refractivity contribution in [2.24, 2.45) is 0 Å². The molecule has 5 nitrogen and oxygen atoms in total. The second-order valence-corrected chi connectivity index (χ2v) is 3.29. The van der Waals surface area contributed by atoms with Gasteiger partial charge in [-0.3, -0.25) is 0 Å². The molecule has 0 bridgehead atoms. The van der Waals surface area contributed by atoms with E-state index in [-0.39, 0.29) is 0 Å². The van der Waals surface area contributed by atoms with Crippen molar-refractivity contribution in [3.8, 4) is 0 Å². The molecule has 84 valence electrons. The van der Waals surface area contributed by atoms with Crippen LogP contribution in [0.2, 0.25) is 0 Å². The maximum atomic E-state index is 5.81. The van der Waals surface area contributed by atoms with Gasteiger partial charge in [-0.05, 0) is 12.1 Å². The molecule has 1 aromatic carbocycles. The summed E-state index contributed by atoms with van der Waals surface area (Å²) >= 11 is 0. The number of benzene rings is 1. The number of fused-ring (bicyclic) bond motifs is 1. The molecule has 0 aliphatic carbocycles. The number of aromatic nitrogens is 2. The number of ether oxygens (including phenoxy) is 2. The van der Waals surface area contributed by atoms with Crippen molar-refractivity contribution in [2.75, 3.05) is 20.0 Å². The van der Waals surface area contributed by atoms with E-state index in [1.54, 1.807) is 0 Å². The Morgan fingerprint density at radius 1 is 1.06 bits per heavy atom. The predicted octanol–water partition coefficient (Wildman–Crippen LogP) is 1.50. The van der Waals surface area contributed by atoms with Gasteiger partial charge in [-0.1, -0.05) is 12.1 Å². The summed E-state index contributed by atoms with van der Waals surface area (Å²) in [5.74, 6) is 0.326. The lowest BCUT2D eigenvalue weighted by molar-refractivity contribution is -0.108. The Kier molecular flexibility index (Phi) is 2.98. The topological polar surface area (TPSA) is 70.3 Å². The Morgan fingerprint density at radius 2 is 1.62 bits per heavy atom. The number of hydrogen-bond acceptors (Lipinski definition) is 5. The molecule has 2 N–H and O–H groups in total. The number of nitrogens with two attached hydrogens (primary N) is 1. The molecule has 1 heterocycles. The van der Waals surface area contributed by atoms with E-state index < -0.39 is 6.29 Å². The highest BCUT2D eigenvalue weighted by atomic mass is 16.7. The van der Waals surface area contributed by atoms with Gasteiger partial charge in [-0.25, -0.2) is 9.97 Å². The molecule has 0 amide bonds. The molecule has 0 unspecified atom stereocenters. The summed E-state index contributed by atoms with van der Waals surface area (Å²) < 4.78 is 10.2. The van der Waals surface area contributed by atoms with E-state index in [9.17, 15) is 0 Å². The Labute approximate surface area is 93.2 Å². The largest absolute Gasteiger partial charge is 0.382 e. The van der Waals surface area contributed by atoms with E-state index in [0.717, 1.165) is 11.0 Å². The van der Waals surface area contributed by atoms with Crippen LogP contribution in [0.5, 0.6) is 0 Å². The molecule has 0 aliphatic rings. The summed E-state index contributed by atoms with van der Waals surface area (Å²) in [7, 11) is 3.06. The van der Waals surface area contributed by atoms with Crippen LogP contribution in [0.4, 0.5) is 5.82 Å². The van der Waals surface area contributed by atoms with Gasteiger partial charge in [0.2, 0.25) is 6.29 Å². The summed E-state index contributed by atoms with van der Waals surface area (Å²) in [6.07, 6.45) is -0.586. The highest BCUT2D eigenvalue weighted by molar-refractivity contribution is 5.75. The zero-order valence-electron chi connectivity index (χ0n) is 9.18. The molecule has 0 atom stereocenters. The van der Waals surface area contributed by atoms with Gasteiger partial charge >= 0.3 is 0 Å². The molecule has 2 rings (SSSR count). The number of methoxy groups -OCH3 is 2. The molecule has 0 spiro atoms. The van der Waals surface area contributed by atoms with Crippen LogP contribution in [-0.4, -0.2) is 24.2 Å². The third kappa shape index (κ3) is 1.82. The lowest BCUT2D eigenvalue weighted by Gasteiger charge is -2.14. The lowest BCUT2D eigenvalue weighted by Crippen LogP contribution is -2.11. The van der Waals surface area contributed by atoms with E-state index in [0.29, 0.717) is 11.5 Å². The third-order valence-electron chi connectivity index (χ3n) is 2.28. The van der Waals surface area contributed by atoms with E-state index in [2.05, 4.69) is 9.97 Å². The van der Waals surface area contributed by atoms with Crippen molar-refractivity contribution in [1.29, 1.82) is 0 Å². The van der Waals surface area contributed by atoms with E-state index in [1.807, 2.05) is 24.3 Å². The molecule has 0 saturated carbocycles. The highest BCUT2D eigenvalue weighted by Crippen LogP contribution is 2.22. The van der Waals surface area contributed by atoms with Gasteiger partial charge in [-0.15, -0.1) is 0 Å². The van der Waals surface area contributed by atoms with Gasteiger partial charge in [0.1, 0.15) is 5.69 Å². The third-order valence-corrected chi connectivity index (χ3v) is 2.28. The van der Waals surface area contributed by atoms with E-state index in [4.69, 9.17) is 15.2 Å². The smallest absolute Gasteiger partial charge is 0.204 e. The van der Waals surface area contributed by atoms with Crippen LogP contribution >= 0.6 is 0 Å². The second-order valence-electron chi connectivity index (χ2n) is 3.29. The summed E-state index contributed by atoms with van der Waals surface area (Å²) in [5.41, 5.74) is 7.84. The number of nitrogen functional groups attached to an aromatic ring is 1. The SMILES string of the molecule is COC(OC)c1nc2ccccc2nc1N. The van der Waals surface area contributed by atoms with Crippen LogP contribution in [0, 0.1) is 0 Å². The number of para-hydroxylation sites is 2. The molecule has 5 heteroatoms. The Morgan fingerprint density at radius 3 is 2.19 bits per heavy atom. The summed E-state index contributed by atoms with van der Waals surface area (Å²) in [6, 6.07) is 7.51. The van der Waals surface area contributed by atoms with Crippen LogP contribution < -0.4 is 5.73 Å². The fourth-order valence-electron chi connectivity index (χ4n) is 1.52. The van der Waals surface area contributed by atoms with Crippen LogP contribution in [0.1, 0.15) is 12.0 Å². The summed E-state index contributed by atoms with van der Waals surface area (Å²) in [5, 5.41) is 0. The molecular formula is C11H13N3O2. The van der Waals surface area contributed by atoms with E-state index in [1.165, 1.54) is 14.2 Å². The molecule has 2 aromatic rings. The Balaban J connectivity index is 2.57. The second kappa shape index (κ2) is 4.42. The maximum Gasteiger partial charge on any atom is 0.204 e. The molecule has 16 heavy (non-hydrogen) atoms. The lowest BCUT2D eigenvalue weighted by atomic mass is 10.3. The van der Waals surface area contributed by atoms with Crippen molar-refractivity contribution in [3.05, 3.63) is 30.0 Å². The zero-order chi connectivity index (χ0) is 11.5. The first-order valence-electron chi connectivity index (χ1n) is 4.84. The average molecular weight is 219 g/mol. The zero-order valence-corrected chi connectivity index (χ0v) is 9.18. The molecule has 0 aliphatic heterocycles. The van der Waals surface area contributed by atoms with Crippen LogP contribution in [0.3, 0.4) is 0 Å². The standard InChI is InChI=1S/C11H13N3O2/c1-15-11(16-2)9-10(12)14-8-6-4-3-5-7(8)13-9/h3-6,11H,1-2H3,(H2,12,14). The van der Waals surface area contributed by atoms with Crippen molar-refractivity contribution in [1.82, 2.24) is 9.97 Å². The minimum atomic E-state index is -0.586. The van der Waals surface area contributed by atoms with Crippen LogP contribution in [0.25, 0.3) is 11.0 Å². The fourth-order valence-corrected chi connectivity index (χ4v) is 1.52. The number of rotatable bonds is 3. The first-order valence-corrected chi connectivity index (χ1v) is 4.84. The summed E-state index contributed by atoms with van der Waals surface area (Å²) in [6.45, 7) is 0. The van der Waals surface area contributed by atoms with Crippen molar-refractivity contribution in [2.45, 2.75) is 6.29 Å². The molecule has 0 saturated heterocycles. The quantitative estimate of drug-likeness (QED) is 0.792. The average Bonchev–Trinajstić information content (AvgIpc) is 2.31. The summed E-state index contributed by atoms with van der Waals surface area (Å²) in [4.78, 5) is 8.63. The molecule has 1 aromatic heterocycles. The normalized spacial score (nSPS) is 11.2. The minimum absolute atomic E-state index is 0.326. The first kappa shape index (κ1) is 10.8. The van der Waals surface area contributed by atoms with E-state index >= 15 is 0 Å². The Hall–Kier alpha value is -1.72. The monoisotopic (exact) mass is 219 g/mol. The molecule has 0 radical (unpaired) electrons. The highest BCUT2D eigenvalue weighted by Gasteiger charge is 2.16. The molecular weight excluding hydrogens is 206 g/mol. The predicted molar refractivity (Wildman–Crippen MR) is 60.7 cm³/mol. The maximum absolute atomic E-state index is 5.81. The van der Waals surface area contributed by atoms with Crippen molar-refractivity contribution in [3.63, 3.8) is 0 Å². The van der Waals surface area contributed by atoms with Crippen LogP contribution in [-0.2, 0) is 9.47 Å². The van der Waals surface area contributed by atoms with Gasteiger partial charge in [0.25, 0.3) is 0 Å². The Bertz CT molecular complexity index is 498. The van der Waals surface area contributed by atoms with Gasteiger partial charge in [0, 0.05) is 14.2 Å². The number of anilines is 1. The van der Waals surface area contributed by atoms with Gasteiger partial charge in [-0.2, -0.15) is 0 Å². The first-order chi connectivity index (χ1) is 7.76.